The molecule has 2 rings (SSSR count). The number of hydrogen-bond donors (Lipinski definition) is 1. The van der Waals surface area contributed by atoms with Crippen LogP contribution in [0.3, 0.4) is 0 Å². The minimum absolute atomic E-state index is 0.00806. The van der Waals surface area contributed by atoms with Crippen LogP contribution in [0.4, 0.5) is 0 Å². The first-order valence-corrected chi connectivity index (χ1v) is 11.9. The van der Waals surface area contributed by atoms with Crippen molar-refractivity contribution in [3.63, 3.8) is 0 Å². The highest BCUT2D eigenvalue weighted by Crippen LogP contribution is 2.22. The van der Waals surface area contributed by atoms with Crippen LogP contribution in [0, 0.1) is 0 Å². The van der Waals surface area contributed by atoms with Gasteiger partial charge < -0.3 is 10.2 Å². The molecule has 0 aliphatic heterocycles. The maximum atomic E-state index is 13.0. The van der Waals surface area contributed by atoms with Crippen molar-refractivity contribution in [2.24, 2.45) is 0 Å². The van der Waals surface area contributed by atoms with E-state index < -0.39 is 6.04 Å². The van der Waals surface area contributed by atoms with Gasteiger partial charge in [-0.3, -0.25) is 9.59 Å². The molecule has 6 heteroatoms. The molecule has 2 amide bonds. The van der Waals surface area contributed by atoms with Crippen LogP contribution in [-0.4, -0.2) is 35.1 Å². The number of halogens is 1. The van der Waals surface area contributed by atoms with Gasteiger partial charge in [0.2, 0.25) is 11.8 Å². The van der Waals surface area contributed by atoms with Crippen molar-refractivity contribution in [2.45, 2.75) is 57.0 Å². The molecule has 1 unspecified atom stereocenters. The summed E-state index contributed by atoms with van der Waals surface area (Å²) in [6.07, 6.45) is 3.13. The van der Waals surface area contributed by atoms with Crippen molar-refractivity contribution in [3.8, 4) is 0 Å². The highest BCUT2D eigenvalue weighted by molar-refractivity contribution is 7.99. The predicted molar refractivity (Wildman–Crippen MR) is 126 cm³/mol. The number of amides is 2. The summed E-state index contributed by atoms with van der Waals surface area (Å²) in [5, 5.41) is 3.67. The number of rotatable bonds is 12. The molecule has 0 saturated carbocycles. The van der Waals surface area contributed by atoms with E-state index in [1.165, 1.54) is 0 Å². The Morgan fingerprint density at radius 1 is 1.07 bits per heavy atom. The Labute approximate surface area is 189 Å². The molecule has 0 aliphatic carbocycles. The Hall–Kier alpha value is -1.98. The molecule has 0 aromatic heterocycles. The summed E-state index contributed by atoms with van der Waals surface area (Å²) in [5.74, 6) is 0.751. The van der Waals surface area contributed by atoms with Crippen LogP contribution in [0.25, 0.3) is 0 Å². The van der Waals surface area contributed by atoms with Crippen molar-refractivity contribution >= 4 is 35.2 Å². The lowest BCUT2D eigenvalue weighted by atomic mass is 10.1. The van der Waals surface area contributed by atoms with Gasteiger partial charge in [-0.05, 0) is 55.3 Å². The van der Waals surface area contributed by atoms with Crippen molar-refractivity contribution in [2.75, 3.05) is 12.3 Å². The standard InChI is InChI=1S/C24H31ClN2O2S/c1-3-4-16-26-24(29)19(2)27(18-20-9-6-5-7-10-20)23(28)11-8-17-30-22-14-12-21(25)13-15-22/h5-7,9-10,12-15,19H,3-4,8,11,16-18H2,1-2H3,(H,26,29). The van der Waals surface area contributed by atoms with Gasteiger partial charge in [0, 0.05) is 29.4 Å². The summed E-state index contributed by atoms with van der Waals surface area (Å²) < 4.78 is 0. The minimum Gasteiger partial charge on any atom is -0.354 e. The Morgan fingerprint density at radius 2 is 1.77 bits per heavy atom. The number of hydrogen-bond acceptors (Lipinski definition) is 3. The Bertz CT molecular complexity index is 784. The Kier molecular flexibility index (Phi) is 10.8. The highest BCUT2D eigenvalue weighted by Gasteiger charge is 2.25. The third-order valence-corrected chi connectivity index (χ3v) is 6.16. The molecular weight excluding hydrogens is 416 g/mol. The summed E-state index contributed by atoms with van der Waals surface area (Å²) in [5.41, 5.74) is 1.02. The topological polar surface area (TPSA) is 49.4 Å². The average molecular weight is 447 g/mol. The van der Waals surface area contributed by atoms with Gasteiger partial charge >= 0.3 is 0 Å². The zero-order valence-electron chi connectivity index (χ0n) is 17.8. The van der Waals surface area contributed by atoms with Gasteiger partial charge in [0.1, 0.15) is 6.04 Å². The maximum Gasteiger partial charge on any atom is 0.242 e. The molecule has 1 N–H and O–H groups in total. The third-order valence-electron chi connectivity index (χ3n) is 4.81. The van der Waals surface area contributed by atoms with E-state index in [4.69, 9.17) is 11.6 Å². The van der Waals surface area contributed by atoms with E-state index in [0.717, 1.165) is 40.5 Å². The van der Waals surface area contributed by atoms with Crippen molar-refractivity contribution < 1.29 is 9.59 Å². The van der Waals surface area contributed by atoms with Crippen LogP contribution in [0.2, 0.25) is 5.02 Å². The summed E-state index contributed by atoms with van der Waals surface area (Å²) >= 11 is 7.63. The molecule has 0 aliphatic rings. The van der Waals surface area contributed by atoms with Crippen LogP contribution >= 0.6 is 23.4 Å². The zero-order chi connectivity index (χ0) is 21.8. The van der Waals surface area contributed by atoms with E-state index in [9.17, 15) is 9.59 Å². The Balaban J connectivity index is 1.93. The molecule has 0 bridgehead atoms. The largest absolute Gasteiger partial charge is 0.354 e. The second-order valence-corrected chi connectivity index (χ2v) is 8.84. The van der Waals surface area contributed by atoms with Crippen LogP contribution in [0.15, 0.2) is 59.5 Å². The van der Waals surface area contributed by atoms with E-state index >= 15 is 0 Å². The predicted octanol–water partition coefficient (Wildman–Crippen LogP) is 5.55. The van der Waals surface area contributed by atoms with E-state index in [2.05, 4.69) is 12.2 Å². The lowest BCUT2D eigenvalue weighted by Crippen LogP contribution is -2.47. The molecule has 0 heterocycles. The summed E-state index contributed by atoms with van der Waals surface area (Å²) in [6, 6.07) is 17.0. The van der Waals surface area contributed by atoms with Crippen LogP contribution in [-0.2, 0) is 16.1 Å². The number of thioether (sulfide) groups is 1. The second-order valence-electron chi connectivity index (χ2n) is 7.23. The molecule has 162 valence electrons. The number of nitrogens with zero attached hydrogens (tertiary/aromatic N) is 1. The van der Waals surface area contributed by atoms with E-state index in [1.807, 2.05) is 61.5 Å². The third kappa shape index (κ3) is 8.41. The number of benzene rings is 2. The van der Waals surface area contributed by atoms with Gasteiger partial charge in [-0.1, -0.05) is 55.3 Å². The number of nitrogens with one attached hydrogen (secondary N) is 1. The summed E-state index contributed by atoms with van der Waals surface area (Å²) in [7, 11) is 0. The molecule has 2 aromatic rings. The average Bonchev–Trinajstić information content (AvgIpc) is 2.76. The fourth-order valence-corrected chi connectivity index (χ4v) is 3.97. The van der Waals surface area contributed by atoms with E-state index in [-0.39, 0.29) is 11.8 Å². The molecule has 30 heavy (non-hydrogen) atoms. The summed E-state index contributed by atoms with van der Waals surface area (Å²) in [4.78, 5) is 28.4. The molecule has 0 saturated heterocycles. The van der Waals surface area contributed by atoms with Crippen LogP contribution in [0.1, 0.15) is 45.1 Å². The molecule has 4 nitrogen and oxygen atoms in total. The van der Waals surface area contributed by atoms with Gasteiger partial charge in [-0.25, -0.2) is 0 Å². The lowest BCUT2D eigenvalue weighted by Gasteiger charge is -2.29. The summed E-state index contributed by atoms with van der Waals surface area (Å²) in [6.45, 7) is 4.98. The molecule has 1 atom stereocenters. The van der Waals surface area contributed by atoms with Gasteiger partial charge in [-0.2, -0.15) is 0 Å². The fourth-order valence-electron chi connectivity index (χ4n) is 2.99. The fraction of sp³-hybridized carbons (Fsp3) is 0.417. The number of carbonyl (C=O) groups excluding carboxylic acids is 2. The van der Waals surface area contributed by atoms with Crippen molar-refractivity contribution in [3.05, 3.63) is 65.2 Å². The van der Waals surface area contributed by atoms with Crippen LogP contribution < -0.4 is 5.32 Å². The quantitative estimate of drug-likeness (QED) is 0.343. The zero-order valence-corrected chi connectivity index (χ0v) is 19.3. The molecular formula is C24H31ClN2O2S. The van der Waals surface area contributed by atoms with Gasteiger partial charge in [-0.15, -0.1) is 11.8 Å². The molecule has 0 fully saturated rings. The van der Waals surface area contributed by atoms with Crippen LogP contribution in [0.5, 0.6) is 0 Å². The first kappa shape index (κ1) is 24.3. The number of unbranched alkanes of at least 4 members (excludes halogenated alkanes) is 1. The van der Waals surface area contributed by atoms with Crippen molar-refractivity contribution in [1.82, 2.24) is 10.2 Å². The molecule has 2 aromatic carbocycles. The normalized spacial score (nSPS) is 11.7. The second kappa shape index (κ2) is 13.3. The maximum absolute atomic E-state index is 13.0. The monoisotopic (exact) mass is 446 g/mol. The van der Waals surface area contributed by atoms with Gasteiger partial charge in [0.25, 0.3) is 0 Å². The Morgan fingerprint density at radius 3 is 2.43 bits per heavy atom. The van der Waals surface area contributed by atoms with Crippen molar-refractivity contribution in [1.29, 1.82) is 0 Å². The van der Waals surface area contributed by atoms with E-state index in [1.54, 1.807) is 16.7 Å². The minimum atomic E-state index is -0.501. The molecule has 0 spiro atoms. The SMILES string of the molecule is CCCCNC(=O)C(C)N(Cc1ccccc1)C(=O)CCCSc1ccc(Cl)cc1. The smallest absolute Gasteiger partial charge is 0.242 e. The van der Waals surface area contributed by atoms with Gasteiger partial charge in [0.15, 0.2) is 0 Å². The first-order chi connectivity index (χ1) is 14.5. The number of carbonyl (C=O) groups is 2. The molecule has 0 radical (unpaired) electrons. The first-order valence-electron chi connectivity index (χ1n) is 10.5. The lowest BCUT2D eigenvalue weighted by molar-refractivity contribution is -0.140. The van der Waals surface area contributed by atoms with E-state index in [0.29, 0.717) is 19.5 Å². The highest BCUT2D eigenvalue weighted by atomic mass is 35.5. The van der Waals surface area contributed by atoms with Gasteiger partial charge in [0.05, 0.1) is 0 Å².